The topological polar surface area (TPSA) is 15.3 Å². The Kier molecular flexibility index (Phi) is 7.14. The number of unbranched alkanes of at least 4 members (excludes halogenated alkanes) is 1. The molecule has 102 valence electrons. The lowest BCUT2D eigenvalue weighted by Crippen LogP contribution is -2.26. The minimum atomic E-state index is 0.841. The fraction of sp³-hybridized carbons (Fsp3) is 0.600. The van der Waals surface area contributed by atoms with Gasteiger partial charge in [-0.1, -0.05) is 37.9 Å². The summed E-state index contributed by atoms with van der Waals surface area (Å²) in [4.78, 5) is 2.42. The first-order valence-electron chi connectivity index (χ1n) is 6.97. The number of anilines is 1. The average Bonchev–Trinajstić information content (AvgIpc) is 2.39. The summed E-state index contributed by atoms with van der Waals surface area (Å²) in [5, 5.41) is 4.23. The predicted octanol–water partition coefficient (Wildman–Crippen LogP) is 4.08. The second kappa shape index (κ2) is 8.39. The summed E-state index contributed by atoms with van der Waals surface area (Å²) in [5.74, 6) is 0. The van der Waals surface area contributed by atoms with E-state index in [2.05, 4.69) is 37.1 Å². The summed E-state index contributed by atoms with van der Waals surface area (Å²) < 4.78 is 0. The Balaban J connectivity index is 2.93. The van der Waals surface area contributed by atoms with Crippen molar-refractivity contribution in [2.75, 3.05) is 24.5 Å². The summed E-state index contributed by atoms with van der Waals surface area (Å²) in [6.07, 6.45) is 2.45. The number of rotatable bonds is 8. The number of hydrogen-bond acceptors (Lipinski definition) is 2. The third-order valence-corrected chi connectivity index (χ3v) is 3.50. The summed E-state index contributed by atoms with van der Waals surface area (Å²) >= 11 is 6.33. The van der Waals surface area contributed by atoms with Crippen LogP contribution in [0.15, 0.2) is 18.2 Å². The molecule has 3 heteroatoms. The molecule has 0 saturated heterocycles. The van der Waals surface area contributed by atoms with Crippen LogP contribution in [-0.4, -0.2) is 19.6 Å². The predicted molar refractivity (Wildman–Crippen MR) is 81.6 cm³/mol. The molecule has 0 atom stereocenters. The van der Waals surface area contributed by atoms with Gasteiger partial charge in [-0.15, -0.1) is 0 Å². The van der Waals surface area contributed by atoms with Crippen molar-refractivity contribution in [3.05, 3.63) is 28.8 Å². The molecule has 0 radical (unpaired) electrons. The van der Waals surface area contributed by atoms with Gasteiger partial charge < -0.3 is 10.2 Å². The van der Waals surface area contributed by atoms with Crippen molar-refractivity contribution >= 4 is 17.3 Å². The maximum atomic E-state index is 6.33. The van der Waals surface area contributed by atoms with Gasteiger partial charge in [0.2, 0.25) is 0 Å². The van der Waals surface area contributed by atoms with Crippen molar-refractivity contribution in [1.82, 2.24) is 5.32 Å². The third-order valence-electron chi connectivity index (χ3n) is 3.15. The lowest BCUT2D eigenvalue weighted by molar-refractivity contribution is 0.704. The zero-order chi connectivity index (χ0) is 13.4. The van der Waals surface area contributed by atoms with E-state index in [9.17, 15) is 0 Å². The number of benzene rings is 1. The van der Waals surface area contributed by atoms with E-state index in [4.69, 9.17) is 11.6 Å². The minimum Gasteiger partial charge on any atom is -0.372 e. The highest BCUT2D eigenvalue weighted by Crippen LogP contribution is 2.27. The molecule has 0 aliphatic carbocycles. The van der Waals surface area contributed by atoms with Crippen molar-refractivity contribution in [3.63, 3.8) is 0 Å². The Morgan fingerprint density at radius 3 is 2.61 bits per heavy atom. The first kappa shape index (κ1) is 15.3. The van der Waals surface area contributed by atoms with Crippen LogP contribution in [0.3, 0.4) is 0 Å². The van der Waals surface area contributed by atoms with E-state index < -0.39 is 0 Å². The zero-order valence-corrected chi connectivity index (χ0v) is 12.6. The average molecular weight is 269 g/mol. The molecule has 1 aromatic carbocycles. The van der Waals surface area contributed by atoms with Crippen LogP contribution in [0.25, 0.3) is 0 Å². The van der Waals surface area contributed by atoms with Gasteiger partial charge in [0.15, 0.2) is 0 Å². The molecule has 0 spiro atoms. The van der Waals surface area contributed by atoms with Crippen LogP contribution in [0, 0.1) is 0 Å². The molecule has 18 heavy (non-hydrogen) atoms. The van der Waals surface area contributed by atoms with Gasteiger partial charge in [-0.2, -0.15) is 0 Å². The monoisotopic (exact) mass is 268 g/mol. The molecule has 1 aromatic rings. The Bertz CT molecular complexity index is 352. The smallest absolute Gasteiger partial charge is 0.0471 e. The van der Waals surface area contributed by atoms with Crippen LogP contribution in [-0.2, 0) is 6.54 Å². The fourth-order valence-electron chi connectivity index (χ4n) is 2.07. The standard InChI is InChI=1S/C15H25ClN2/c1-4-7-11-18(6-3)15-10-8-9-14(16)13(15)12-17-5-2/h8-10,17H,4-7,11-12H2,1-3H3. The molecular formula is C15H25ClN2. The van der Waals surface area contributed by atoms with Gasteiger partial charge in [-0.05, 0) is 32.0 Å². The van der Waals surface area contributed by atoms with E-state index in [0.717, 1.165) is 31.2 Å². The molecule has 0 bridgehead atoms. The van der Waals surface area contributed by atoms with Gasteiger partial charge in [0.1, 0.15) is 0 Å². The minimum absolute atomic E-state index is 0.841. The quantitative estimate of drug-likeness (QED) is 0.764. The Labute approximate surface area is 116 Å². The SMILES string of the molecule is CCCCN(CC)c1cccc(Cl)c1CNCC. The molecule has 0 heterocycles. The first-order chi connectivity index (χ1) is 8.74. The zero-order valence-electron chi connectivity index (χ0n) is 11.8. The highest BCUT2D eigenvalue weighted by atomic mass is 35.5. The second-order valence-electron chi connectivity index (χ2n) is 4.45. The highest BCUT2D eigenvalue weighted by Gasteiger charge is 2.11. The molecule has 0 unspecified atom stereocenters. The molecule has 0 saturated carbocycles. The summed E-state index contributed by atoms with van der Waals surface area (Å²) in [6.45, 7) is 10.5. The molecule has 0 aromatic heterocycles. The molecule has 1 rings (SSSR count). The first-order valence-corrected chi connectivity index (χ1v) is 7.35. The van der Waals surface area contributed by atoms with Crippen LogP contribution < -0.4 is 10.2 Å². The van der Waals surface area contributed by atoms with Crippen molar-refractivity contribution in [2.24, 2.45) is 0 Å². The maximum absolute atomic E-state index is 6.33. The Hall–Kier alpha value is -0.730. The van der Waals surface area contributed by atoms with Gasteiger partial charge in [0, 0.05) is 35.9 Å². The van der Waals surface area contributed by atoms with Crippen molar-refractivity contribution in [3.8, 4) is 0 Å². The van der Waals surface area contributed by atoms with E-state index in [1.165, 1.54) is 24.1 Å². The summed E-state index contributed by atoms with van der Waals surface area (Å²) in [7, 11) is 0. The number of hydrogen-bond donors (Lipinski definition) is 1. The molecule has 1 N–H and O–H groups in total. The maximum Gasteiger partial charge on any atom is 0.0471 e. The van der Waals surface area contributed by atoms with Crippen LogP contribution in [0.5, 0.6) is 0 Å². The lowest BCUT2D eigenvalue weighted by Gasteiger charge is -2.26. The molecule has 0 aliphatic rings. The Morgan fingerprint density at radius 2 is 2.00 bits per heavy atom. The van der Waals surface area contributed by atoms with Crippen LogP contribution in [0.1, 0.15) is 39.2 Å². The van der Waals surface area contributed by atoms with Crippen LogP contribution >= 0.6 is 11.6 Å². The van der Waals surface area contributed by atoms with E-state index in [0.29, 0.717) is 0 Å². The number of nitrogens with zero attached hydrogens (tertiary/aromatic N) is 1. The van der Waals surface area contributed by atoms with Crippen LogP contribution in [0.4, 0.5) is 5.69 Å². The largest absolute Gasteiger partial charge is 0.372 e. The van der Waals surface area contributed by atoms with Crippen molar-refractivity contribution in [2.45, 2.75) is 40.2 Å². The van der Waals surface area contributed by atoms with E-state index in [1.54, 1.807) is 0 Å². The van der Waals surface area contributed by atoms with Crippen LogP contribution in [0.2, 0.25) is 5.02 Å². The third kappa shape index (κ3) is 4.18. The lowest BCUT2D eigenvalue weighted by atomic mass is 10.1. The van der Waals surface area contributed by atoms with Gasteiger partial charge in [0.05, 0.1) is 0 Å². The molecule has 0 aliphatic heterocycles. The van der Waals surface area contributed by atoms with Crippen molar-refractivity contribution < 1.29 is 0 Å². The molecule has 0 fully saturated rings. The highest BCUT2D eigenvalue weighted by molar-refractivity contribution is 6.31. The summed E-state index contributed by atoms with van der Waals surface area (Å²) in [5.41, 5.74) is 2.50. The Morgan fingerprint density at radius 1 is 1.22 bits per heavy atom. The summed E-state index contributed by atoms with van der Waals surface area (Å²) in [6, 6.07) is 6.20. The molecular weight excluding hydrogens is 244 g/mol. The van der Waals surface area contributed by atoms with Gasteiger partial charge in [-0.3, -0.25) is 0 Å². The number of halogens is 1. The van der Waals surface area contributed by atoms with Gasteiger partial charge in [0.25, 0.3) is 0 Å². The normalized spacial score (nSPS) is 10.7. The van der Waals surface area contributed by atoms with E-state index in [-0.39, 0.29) is 0 Å². The molecule has 0 amide bonds. The van der Waals surface area contributed by atoms with E-state index in [1.807, 2.05) is 12.1 Å². The second-order valence-corrected chi connectivity index (χ2v) is 4.86. The van der Waals surface area contributed by atoms with Gasteiger partial charge in [-0.25, -0.2) is 0 Å². The van der Waals surface area contributed by atoms with Gasteiger partial charge >= 0.3 is 0 Å². The van der Waals surface area contributed by atoms with E-state index >= 15 is 0 Å². The number of nitrogens with one attached hydrogen (secondary N) is 1. The molecule has 2 nitrogen and oxygen atoms in total. The fourth-order valence-corrected chi connectivity index (χ4v) is 2.30. The van der Waals surface area contributed by atoms with Crippen molar-refractivity contribution in [1.29, 1.82) is 0 Å².